The highest BCUT2D eigenvalue weighted by atomic mass is 32.2. The Morgan fingerprint density at radius 2 is 1.75 bits per heavy atom. The van der Waals surface area contributed by atoms with Crippen LogP contribution in [-0.2, 0) is 10.0 Å². The molecule has 0 atom stereocenters. The van der Waals surface area contributed by atoms with Crippen molar-refractivity contribution in [3.05, 3.63) is 53.5 Å². The molecule has 0 amide bonds. The minimum absolute atomic E-state index is 0.0558. The Kier molecular flexibility index (Phi) is 3.67. The van der Waals surface area contributed by atoms with Crippen LogP contribution in [0.2, 0.25) is 0 Å². The number of benzene rings is 1. The summed E-state index contributed by atoms with van der Waals surface area (Å²) in [4.78, 5) is 2.79. The van der Waals surface area contributed by atoms with Crippen LogP contribution in [0.1, 0.15) is 5.56 Å². The summed E-state index contributed by atoms with van der Waals surface area (Å²) in [5, 5.41) is 0. The molecule has 4 nitrogen and oxygen atoms in total. The highest BCUT2D eigenvalue weighted by Crippen LogP contribution is 2.21. The summed E-state index contributed by atoms with van der Waals surface area (Å²) in [6.07, 6.45) is 1.40. The Labute approximate surface area is 113 Å². The summed E-state index contributed by atoms with van der Waals surface area (Å²) in [6.45, 7) is 1.75. The molecule has 8 heteroatoms. The second-order valence-corrected chi connectivity index (χ2v) is 5.65. The van der Waals surface area contributed by atoms with Gasteiger partial charge in [-0.05, 0) is 30.7 Å². The fourth-order valence-corrected chi connectivity index (χ4v) is 2.52. The summed E-state index contributed by atoms with van der Waals surface area (Å²) in [7, 11) is -4.39. The van der Waals surface area contributed by atoms with Crippen LogP contribution >= 0.6 is 0 Å². The molecule has 20 heavy (non-hydrogen) atoms. The van der Waals surface area contributed by atoms with Crippen molar-refractivity contribution in [2.24, 2.45) is 0 Å². The maximum absolute atomic E-state index is 13.5. The first-order chi connectivity index (χ1) is 9.31. The Morgan fingerprint density at radius 1 is 1.05 bits per heavy atom. The molecule has 1 aromatic carbocycles. The van der Waals surface area contributed by atoms with Gasteiger partial charge in [0, 0.05) is 6.20 Å². The monoisotopic (exact) mass is 302 g/mol. The number of nitrogens with one attached hydrogen (secondary N) is 1. The minimum Gasteiger partial charge on any atom is -0.263 e. The molecule has 0 fully saturated rings. The lowest BCUT2D eigenvalue weighted by Gasteiger charge is -2.08. The molecule has 0 aliphatic rings. The van der Waals surface area contributed by atoms with Gasteiger partial charge in [0.15, 0.2) is 17.5 Å². The number of anilines is 1. The van der Waals surface area contributed by atoms with Gasteiger partial charge >= 0.3 is 0 Å². The average Bonchev–Trinajstić information content (AvgIpc) is 2.38. The predicted octanol–water partition coefficient (Wildman–Crippen LogP) is 2.61. The molecule has 1 aromatic heterocycles. The summed E-state index contributed by atoms with van der Waals surface area (Å²) in [6, 6.07) is 4.14. The Morgan fingerprint density at radius 3 is 2.35 bits per heavy atom. The van der Waals surface area contributed by atoms with Gasteiger partial charge in [-0.25, -0.2) is 26.6 Å². The third-order valence-corrected chi connectivity index (χ3v) is 3.81. The van der Waals surface area contributed by atoms with Gasteiger partial charge in [0.1, 0.15) is 10.7 Å². The van der Waals surface area contributed by atoms with Crippen molar-refractivity contribution in [2.45, 2.75) is 11.8 Å². The number of halogens is 3. The van der Waals surface area contributed by atoms with Crippen LogP contribution in [-0.4, -0.2) is 13.4 Å². The molecular formula is C12H9F3N2O2S. The topological polar surface area (TPSA) is 59.1 Å². The molecule has 2 aromatic rings. The molecule has 0 radical (unpaired) electrons. The van der Waals surface area contributed by atoms with E-state index in [1.54, 1.807) is 13.0 Å². The second kappa shape index (κ2) is 5.12. The number of hydrogen-bond donors (Lipinski definition) is 1. The number of rotatable bonds is 3. The third kappa shape index (κ3) is 2.74. The highest BCUT2D eigenvalue weighted by molar-refractivity contribution is 7.92. The zero-order valence-corrected chi connectivity index (χ0v) is 11.0. The largest absolute Gasteiger partial charge is 0.266 e. The van der Waals surface area contributed by atoms with Crippen molar-refractivity contribution < 1.29 is 21.6 Å². The van der Waals surface area contributed by atoms with Crippen molar-refractivity contribution in [3.63, 3.8) is 0 Å². The Balaban J connectivity index is 2.41. The van der Waals surface area contributed by atoms with E-state index in [9.17, 15) is 21.6 Å². The third-order valence-electron chi connectivity index (χ3n) is 2.44. The smallest absolute Gasteiger partial charge is 0.263 e. The van der Waals surface area contributed by atoms with E-state index in [2.05, 4.69) is 4.98 Å². The van der Waals surface area contributed by atoms with Gasteiger partial charge in [0.2, 0.25) is 0 Å². The first kappa shape index (κ1) is 14.3. The van der Waals surface area contributed by atoms with E-state index in [1.807, 2.05) is 4.72 Å². The first-order valence-electron chi connectivity index (χ1n) is 5.40. The van der Waals surface area contributed by atoms with Gasteiger partial charge in [-0.2, -0.15) is 0 Å². The van der Waals surface area contributed by atoms with E-state index in [-0.39, 0.29) is 5.82 Å². The fraction of sp³-hybridized carbons (Fsp3) is 0.0833. The summed E-state index contributed by atoms with van der Waals surface area (Å²) >= 11 is 0. The van der Waals surface area contributed by atoms with Crippen LogP contribution in [0.4, 0.5) is 19.0 Å². The van der Waals surface area contributed by atoms with Crippen LogP contribution in [0.15, 0.2) is 35.4 Å². The van der Waals surface area contributed by atoms with E-state index < -0.39 is 32.4 Å². The Hall–Kier alpha value is -2.09. The van der Waals surface area contributed by atoms with Gasteiger partial charge < -0.3 is 0 Å². The maximum atomic E-state index is 13.5. The van der Waals surface area contributed by atoms with Crippen molar-refractivity contribution >= 4 is 15.8 Å². The normalized spacial score (nSPS) is 11.4. The second-order valence-electron chi connectivity index (χ2n) is 4.00. The molecule has 0 aliphatic carbocycles. The average molecular weight is 302 g/mol. The van der Waals surface area contributed by atoms with Crippen molar-refractivity contribution in [1.29, 1.82) is 0 Å². The number of sulfonamides is 1. The van der Waals surface area contributed by atoms with Crippen molar-refractivity contribution in [3.8, 4) is 0 Å². The van der Waals surface area contributed by atoms with E-state index in [0.717, 1.165) is 5.56 Å². The van der Waals surface area contributed by atoms with Crippen LogP contribution < -0.4 is 4.72 Å². The van der Waals surface area contributed by atoms with Gasteiger partial charge in [-0.3, -0.25) is 4.72 Å². The summed E-state index contributed by atoms with van der Waals surface area (Å²) < 4.78 is 65.1. The van der Waals surface area contributed by atoms with Gasteiger partial charge in [-0.1, -0.05) is 6.07 Å². The van der Waals surface area contributed by atoms with Crippen molar-refractivity contribution in [1.82, 2.24) is 4.98 Å². The number of nitrogens with zero attached hydrogens (tertiary/aromatic N) is 1. The van der Waals surface area contributed by atoms with Crippen LogP contribution in [0.3, 0.4) is 0 Å². The summed E-state index contributed by atoms with van der Waals surface area (Å²) in [5.74, 6) is -5.14. The molecule has 1 N–H and O–H groups in total. The van der Waals surface area contributed by atoms with Crippen LogP contribution in [0.5, 0.6) is 0 Å². The van der Waals surface area contributed by atoms with Crippen LogP contribution in [0.25, 0.3) is 0 Å². The van der Waals surface area contributed by atoms with E-state index >= 15 is 0 Å². The van der Waals surface area contributed by atoms with E-state index in [1.165, 1.54) is 12.3 Å². The zero-order chi connectivity index (χ0) is 14.9. The summed E-state index contributed by atoms with van der Waals surface area (Å²) in [5.41, 5.74) is 0.798. The number of aromatic nitrogens is 1. The SMILES string of the molecule is Cc1ccc(NS(=O)(=O)c2ccc(F)c(F)c2F)nc1. The molecule has 2 rings (SSSR count). The minimum atomic E-state index is -4.39. The molecule has 0 bridgehead atoms. The number of hydrogen-bond acceptors (Lipinski definition) is 3. The lowest BCUT2D eigenvalue weighted by atomic mass is 10.3. The molecule has 0 unspecified atom stereocenters. The van der Waals surface area contributed by atoms with Crippen LogP contribution in [0, 0.1) is 24.4 Å². The molecule has 1 heterocycles. The van der Waals surface area contributed by atoms with Gasteiger partial charge in [0.25, 0.3) is 10.0 Å². The quantitative estimate of drug-likeness (QED) is 0.887. The van der Waals surface area contributed by atoms with E-state index in [4.69, 9.17) is 0 Å². The Bertz CT molecular complexity index is 746. The molecule has 0 spiro atoms. The molecule has 0 aliphatic heterocycles. The first-order valence-corrected chi connectivity index (χ1v) is 6.88. The zero-order valence-electron chi connectivity index (χ0n) is 10.2. The number of pyridine rings is 1. The van der Waals surface area contributed by atoms with E-state index in [0.29, 0.717) is 12.1 Å². The maximum Gasteiger partial charge on any atom is 0.266 e. The molecule has 106 valence electrons. The number of aryl methyl sites for hydroxylation is 1. The standard InChI is InChI=1S/C12H9F3N2O2S/c1-7-2-5-10(16-6-7)17-20(18,19)9-4-3-8(13)11(14)12(9)15/h2-6H,1H3,(H,16,17). The molecule has 0 saturated carbocycles. The lowest BCUT2D eigenvalue weighted by Crippen LogP contribution is -2.16. The van der Waals surface area contributed by atoms with Gasteiger partial charge in [0.05, 0.1) is 0 Å². The highest BCUT2D eigenvalue weighted by Gasteiger charge is 2.24. The molecular weight excluding hydrogens is 293 g/mol. The van der Waals surface area contributed by atoms with Crippen molar-refractivity contribution in [2.75, 3.05) is 4.72 Å². The molecule has 0 saturated heterocycles. The van der Waals surface area contributed by atoms with Gasteiger partial charge in [-0.15, -0.1) is 0 Å². The fourth-order valence-electron chi connectivity index (χ4n) is 1.44. The predicted molar refractivity (Wildman–Crippen MR) is 66.1 cm³/mol. The lowest BCUT2D eigenvalue weighted by molar-refractivity contribution is 0.432.